The molecule has 0 bridgehead atoms. The number of carbonyl (C=O) groups is 1. The SMILES string of the molecule is O=CC1(Cl)C=CC=NN1Cl. The molecule has 1 unspecified atom stereocenters. The molecular formula is C5H4Cl2N2O. The normalized spacial score (nSPS) is 30.8. The summed E-state index contributed by atoms with van der Waals surface area (Å²) in [6.45, 7) is 0. The van der Waals surface area contributed by atoms with Crippen molar-refractivity contribution in [2.75, 3.05) is 0 Å². The van der Waals surface area contributed by atoms with Crippen LogP contribution in [0.4, 0.5) is 0 Å². The Bertz CT molecular complexity index is 204. The molecule has 0 fully saturated rings. The minimum atomic E-state index is -1.31. The van der Waals surface area contributed by atoms with Crippen molar-refractivity contribution in [1.82, 2.24) is 4.53 Å². The van der Waals surface area contributed by atoms with E-state index in [0.29, 0.717) is 6.29 Å². The van der Waals surface area contributed by atoms with Crippen molar-refractivity contribution in [2.24, 2.45) is 5.10 Å². The topological polar surface area (TPSA) is 32.7 Å². The van der Waals surface area contributed by atoms with Crippen LogP contribution in [0.1, 0.15) is 0 Å². The summed E-state index contributed by atoms with van der Waals surface area (Å²) in [4.78, 5) is 9.00. The zero-order chi connectivity index (χ0) is 7.61. The number of alkyl halides is 1. The van der Waals surface area contributed by atoms with Crippen LogP contribution in [0.15, 0.2) is 17.3 Å². The lowest BCUT2D eigenvalue weighted by Gasteiger charge is -2.24. The van der Waals surface area contributed by atoms with Crippen LogP contribution in [0.25, 0.3) is 0 Å². The summed E-state index contributed by atoms with van der Waals surface area (Å²) in [5.41, 5.74) is 0. The predicted octanol–water partition coefficient (Wildman–Crippen LogP) is 1.13. The highest BCUT2D eigenvalue weighted by atomic mass is 35.5. The minimum Gasteiger partial charge on any atom is -0.299 e. The van der Waals surface area contributed by atoms with Gasteiger partial charge in [-0.1, -0.05) is 11.6 Å². The standard InChI is InChI=1S/C5H4Cl2N2O/c6-5(4-10)2-1-3-8-9(5)7/h1-4H. The molecule has 1 rings (SSSR count). The summed E-state index contributed by atoms with van der Waals surface area (Å²) in [6, 6.07) is 0. The third-order valence-corrected chi connectivity index (χ3v) is 1.86. The molecule has 5 heteroatoms. The predicted molar refractivity (Wildman–Crippen MR) is 40.0 cm³/mol. The zero-order valence-electron chi connectivity index (χ0n) is 4.87. The largest absolute Gasteiger partial charge is 0.299 e. The van der Waals surface area contributed by atoms with E-state index in [-0.39, 0.29) is 0 Å². The van der Waals surface area contributed by atoms with E-state index in [4.69, 9.17) is 23.4 Å². The lowest BCUT2D eigenvalue weighted by atomic mass is 10.3. The van der Waals surface area contributed by atoms with Crippen molar-refractivity contribution in [3.05, 3.63) is 12.2 Å². The van der Waals surface area contributed by atoms with Gasteiger partial charge in [-0.3, -0.25) is 4.79 Å². The molecule has 0 aromatic rings. The van der Waals surface area contributed by atoms with E-state index < -0.39 is 5.00 Å². The molecule has 0 spiro atoms. The Morgan fingerprint density at radius 1 is 1.70 bits per heavy atom. The molecule has 1 aliphatic heterocycles. The first kappa shape index (κ1) is 7.57. The molecule has 3 nitrogen and oxygen atoms in total. The van der Waals surface area contributed by atoms with Crippen LogP contribution in [0.3, 0.4) is 0 Å². The van der Waals surface area contributed by atoms with Crippen LogP contribution >= 0.6 is 23.4 Å². The Labute approximate surface area is 68.0 Å². The van der Waals surface area contributed by atoms with Gasteiger partial charge in [0.2, 0.25) is 5.00 Å². The molecule has 0 N–H and O–H groups in total. The van der Waals surface area contributed by atoms with E-state index >= 15 is 0 Å². The van der Waals surface area contributed by atoms with Gasteiger partial charge in [0.1, 0.15) is 0 Å². The van der Waals surface area contributed by atoms with Gasteiger partial charge in [0, 0.05) is 18.0 Å². The average molecular weight is 179 g/mol. The fraction of sp³-hybridized carbons (Fsp3) is 0.200. The summed E-state index contributed by atoms with van der Waals surface area (Å²) in [5.74, 6) is 0. The maximum atomic E-state index is 10.3. The maximum absolute atomic E-state index is 10.3. The van der Waals surface area contributed by atoms with E-state index in [9.17, 15) is 4.79 Å². The van der Waals surface area contributed by atoms with Crippen LogP contribution in [-0.2, 0) is 4.79 Å². The third kappa shape index (κ3) is 1.15. The van der Waals surface area contributed by atoms with Crippen molar-refractivity contribution in [3.8, 4) is 0 Å². The molecule has 0 aliphatic carbocycles. The second-order valence-corrected chi connectivity index (χ2v) is 2.65. The van der Waals surface area contributed by atoms with Gasteiger partial charge in [0.05, 0.1) is 0 Å². The summed E-state index contributed by atoms with van der Waals surface area (Å²) in [6.07, 6.45) is 4.95. The lowest BCUT2D eigenvalue weighted by Crippen LogP contribution is -2.35. The van der Waals surface area contributed by atoms with Crippen molar-refractivity contribution in [1.29, 1.82) is 0 Å². The second kappa shape index (κ2) is 2.60. The van der Waals surface area contributed by atoms with Crippen LogP contribution < -0.4 is 0 Å². The van der Waals surface area contributed by atoms with Gasteiger partial charge in [0.15, 0.2) is 6.29 Å². The molecule has 1 atom stereocenters. The molecular weight excluding hydrogens is 175 g/mol. The van der Waals surface area contributed by atoms with E-state index in [1.165, 1.54) is 12.3 Å². The molecule has 0 saturated carbocycles. The van der Waals surface area contributed by atoms with E-state index in [1.54, 1.807) is 6.08 Å². The monoisotopic (exact) mass is 178 g/mol. The Morgan fingerprint density at radius 2 is 2.40 bits per heavy atom. The number of carbonyl (C=O) groups excluding carboxylic acids is 1. The third-order valence-electron chi connectivity index (χ3n) is 1.03. The van der Waals surface area contributed by atoms with Gasteiger partial charge in [0.25, 0.3) is 0 Å². The van der Waals surface area contributed by atoms with Crippen LogP contribution in [-0.4, -0.2) is 22.0 Å². The first-order valence-corrected chi connectivity index (χ1v) is 3.24. The fourth-order valence-electron chi connectivity index (χ4n) is 0.508. The minimum absolute atomic E-state index is 0.508. The molecule has 0 aromatic heterocycles. The number of rotatable bonds is 1. The smallest absolute Gasteiger partial charge is 0.221 e. The molecule has 0 radical (unpaired) electrons. The highest BCUT2D eigenvalue weighted by Gasteiger charge is 2.31. The quantitative estimate of drug-likeness (QED) is 0.261. The highest BCUT2D eigenvalue weighted by Crippen LogP contribution is 2.24. The summed E-state index contributed by atoms with van der Waals surface area (Å²) in [5, 5.41) is 3.58. The van der Waals surface area contributed by atoms with Gasteiger partial charge in [-0.05, 0) is 12.2 Å². The first-order valence-electron chi connectivity index (χ1n) is 2.52. The molecule has 1 heterocycles. The fourth-order valence-corrected chi connectivity index (χ4v) is 0.771. The molecule has 1 aliphatic rings. The highest BCUT2D eigenvalue weighted by molar-refractivity contribution is 6.36. The number of aldehydes is 1. The number of hydrogen-bond acceptors (Lipinski definition) is 3. The van der Waals surface area contributed by atoms with Gasteiger partial charge < -0.3 is 0 Å². The number of hydrazone groups is 1. The number of halogens is 2. The van der Waals surface area contributed by atoms with Gasteiger partial charge in [-0.2, -0.15) is 9.63 Å². The Hall–Kier alpha value is -0.540. The van der Waals surface area contributed by atoms with Crippen molar-refractivity contribution < 1.29 is 4.79 Å². The molecule has 0 saturated heterocycles. The summed E-state index contributed by atoms with van der Waals surface area (Å²) in [7, 11) is 0. The van der Waals surface area contributed by atoms with Gasteiger partial charge >= 0.3 is 0 Å². The molecule has 0 aromatic carbocycles. The molecule has 0 amide bonds. The summed E-state index contributed by atoms with van der Waals surface area (Å²) < 4.78 is 0.863. The van der Waals surface area contributed by atoms with E-state index in [2.05, 4.69) is 5.10 Å². The lowest BCUT2D eigenvalue weighted by molar-refractivity contribution is -0.111. The van der Waals surface area contributed by atoms with Crippen LogP contribution in [0.5, 0.6) is 0 Å². The van der Waals surface area contributed by atoms with Crippen molar-refractivity contribution >= 4 is 35.9 Å². The van der Waals surface area contributed by atoms with Crippen LogP contribution in [0, 0.1) is 0 Å². The van der Waals surface area contributed by atoms with Crippen molar-refractivity contribution in [3.63, 3.8) is 0 Å². The molecule has 54 valence electrons. The number of allylic oxidation sites excluding steroid dienone is 1. The zero-order valence-corrected chi connectivity index (χ0v) is 6.38. The van der Waals surface area contributed by atoms with Gasteiger partial charge in [-0.15, -0.1) is 0 Å². The second-order valence-electron chi connectivity index (χ2n) is 1.73. The Morgan fingerprint density at radius 3 is 2.80 bits per heavy atom. The first-order chi connectivity index (χ1) is 4.69. The average Bonchev–Trinajstić information content (AvgIpc) is 1.96. The van der Waals surface area contributed by atoms with Crippen molar-refractivity contribution in [2.45, 2.75) is 5.00 Å². The maximum Gasteiger partial charge on any atom is 0.221 e. The Kier molecular flexibility index (Phi) is 1.97. The van der Waals surface area contributed by atoms with E-state index in [1.807, 2.05) is 0 Å². The summed E-state index contributed by atoms with van der Waals surface area (Å²) >= 11 is 11.1. The number of hydrogen-bond donors (Lipinski definition) is 0. The molecule has 10 heavy (non-hydrogen) atoms. The number of nitrogens with zero attached hydrogens (tertiary/aromatic N) is 2. The van der Waals surface area contributed by atoms with Gasteiger partial charge in [-0.25, -0.2) is 0 Å². The van der Waals surface area contributed by atoms with E-state index in [0.717, 1.165) is 4.53 Å². The Balaban J connectivity index is 2.87. The van der Waals surface area contributed by atoms with Crippen LogP contribution in [0.2, 0.25) is 0 Å².